The van der Waals surface area contributed by atoms with E-state index in [-0.39, 0.29) is 6.61 Å². The van der Waals surface area contributed by atoms with Crippen LogP contribution in [-0.2, 0) is 15.8 Å². The highest BCUT2D eigenvalue weighted by Crippen LogP contribution is 2.33. The Kier molecular flexibility index (Phi) is 3.83. The van der Waals surface area contributed by atoms with Crippen molar-refractivity contribution in [2.45, 2.75) is 13.5 Å². The summed E-state index contributed by atoms with van der Waals surface area (Å²) in [4.78, 5) is 21.0. The summed E-state index contributed by atoms with van der Waals surface area (Å²) < 4.78 is 17.1. The van der Waals surface area contributed by atoms with E-state index < -0.39 is 13.9 Å². The number of aryl methyl sites for hydroxylation is 1. The molecular formula is C7H13N2O4P. The summed E-state index contributed by atoms with van der Waals surface area (Å²) in [6.07, 6.45) is 2.93. The topological polar surface area (TPSA) is 84.6 Å². The van der Waals surface area contributed by atoms with Gasteiger partial charge in [0.15, 0.2) is 0 Å². The molecule has 14 heavy (non-hydrogen) atoms. The zero-order valence-electron chi connectivity index (χ0n) is 7.83. The molecule has 1 aromatic heterocycles. The summed E-state index contributed by atoms with van der Waals surface area (Å²) in [5.41, 5.74) is 0. The SMILES string of the molecule is Cc1nccn1CCOCP(=O)(O)O. The van der Waals surface area contributed by atoms with Gasteiger partial charge in [-0.25, -0.2) is 4.98 Å². The quantitative estimate of drug-likeness (QED) is 0.552. The first kappa shape index (κ1) is 11.4. The summed E-state index contributed by atoms with van der Waals surface area (Å²) in [5.74, 6) is 0.852. The maximum absolute atomic E-state index is 10.4. The average Bonchev–Trinajstić information content (AvgIpc) is 2.44. The summed E-state index contributed by atoms with van der Waals surface area (Å²) >= 11 is 0. The predicted molar refractivity (Wildman–Crippen MR) is 49.8 cm³/mol. The summed E-state index contributed by atoms with van der Waals surface area (Å²) in [5, 5.41) is 0. The van der Waals surface area contributed by atoms with E-state index >= 15 is 0 Å². The van der Waals surface area contributed by atoms with Gasteiger partial charge < -0.3 is 19.1 Å². The number of hydrogen-bond acceptors (Lipinski definition) is 3. The molecule has 0 radical (unpaired) electrons. The largest absolute Gasteiger partial charge is 0.367 e. The lowest BCUT2D eigenvalue weighted by molar-refractivity contribution is 0.148. The fourth-order valence-corrected chi connectivity index (χ4v) is 1.35. The molecule has 0 atom stereocenters. The van der Waals surface area contributed by atoms with E-state index in [0.29, 0.717) is 6.54 Å². The van der Waals surface area contributed by atoms with Crippen molar-refractivity contribution in [2.75, 3.05) is 13.0 Å². The van der Waals surface area contributed by atoms with Gasteiger partial charge in [-0.15, -0.1) is 0 Å². The van der Waals surface area contributed by atoms with Crippen molar-refractivity contribution in [3.63, 3.8) is 0 Å². The zero-order valence-corrected chi connectivity index (χ0v) is 8.72. The Balaban J connectivity index is 2.23. The summed E-state index contributed by atoms with van der Waals surface area (Å²) in [6, 6.07) is 0. The minimum Gasteiger partial charge on any atom is -0.367 e. The molecule has 0 bridgehead atoms. The Hall–Kier alpha value is -0.680. The van der Waals surface area contributed by atoms with E-state index in [2.05, 4.69) is 4.98 Å². The van der Waals surface area contributed by atoms with Crippen molar-refractivity contribution in [3.05, 3.63) is 18.2 Å². The monoisotopic (exact) mass is 220 g/mol. The van der Waals surface area contributed by atoms with Gasteiger partial charge in [0.1, 0.15) is 12.2 Å². The first-order valence-electron chi connectivity index (χ1n) is 4.09. The Morgan fingerprint density at radius 2 is 2.36 bits per heavy atom. The molecule has 0 unspecified atom stereocenters. The molecule has 0 aliphatic carbocycles. The Morgan fingerprint density at radius 3 is 2.86 bits per heavy atom. The van der Waals surface area contributed by atoms with Crippen LogP contribution in [0, 0.1) is 6.92 Å². The first-order chi connectivity index (χ1) is 6.49. The number of ether oxygens (including phenoxy) is 1. The van der Waals surface area contributed by atoms with Gasteiger partial charge in [-0.1, -0.05) is 0 Å². The van der Waals surface area contributed by atoms with E-state index in [1.165, 1.54) is 0 Å². The van der Waals surface area contributed by atoms with E-state index in [1.807, 2.05) is 11.5 Å². The van der Waals surface area contributed by atoms with Crippen LogP contribution in [0.1, 0.15) is 5.82 Å². The van der Waals surface area contributed by atoms with Gasteiger partial charge in [-0.2, -0.15) is 0 Å². The van der Waals surface area contributed by atoms with Gasteiger partial charge in [-0.05, 0) is 6.92 Å². The van der Waals surface area contributed by atoms with Crippen molar-refractivity contribution < 1.29 is 19.1 Å². The minimum absolute atomic E-state index is 0.266. The molecule has 6 nitrogen and oxygen atoms in total. The van der Waals surface area contributed by atoms with Gasteiger partial charge in [0.2, 0.25) is 0 Å². The molecule has 1 aromatic rings. The van der Waals surface area contributed by atoms with Crippen molar-refractivity contribution in [3.8, 4) is 0 Å². The highest BCUT2D eigenvalue weighted by molar-refractivity contribution is 7.51. The maximum Gasteiger partial charge on any atom is 0.350 e. The van der Waals surface area contributed by atoms with Crippen LogP contribution in [-0.4, -0.2) is 32.3 Å². The van der Waals surface area contributed by atoms with Crippen molar-refractivity contribution in [1.82, 2.24) is 9.55 Å². The first-order valence-corrected chi connectivity index (χ1v) is 5.89. The second-order valence-corrected chi connectivity index (χ2v) is 4.46. The normalized spacial score (nSPS) is 11.9. The maximum atomic E-state index is 10.4. The van der Waals surface area contributed by atoms with Crippen molar-refractivity contribution in [2.24, 2.45) is 0 Å². The fraction of sp³-hybridized carbons (Fsp3) is 0.571. The number of hydrogen-bond donors (Lipinski definition) is 2. The van der Waals surface area contributed by atoms with Crippen LogP contribution >= 0.6 is 7.60 Å². The molecule has 1 rings (SSSR count). The van der Waals surface area contributed by atoms with Crippen LogP contribution in [0.15, 0.2) is 12.4 Å². The second kappa shape index (κ2) is 4.70. The van der Waals surface area contributed by atoms with Gasteiger partial charge in [0.25, 0.3) is 0 Å². The molecule has 80 valence electrons. The Bertz CT molecular complexity index is 332. The third kappa shape index (κ3) is 4.02. The Morgan fingerprint density at radius 1 is 1.64 bits per heavy atom. The van der Waals surface area contributed by atoms with Crippen molar-refractivity contribution in [1.29, 1.82) is 0 Å². The van der Waals surface area contributed by atoms with E-state index in [1.54, 1.807) is 12.4 Å². The molecular weight excluding hydrogens is 207 g/mol. The van der Waals surface area contributed by atoms with Crippen molar-refractivity contribution >= 4 is 7.60 Å². The lowest BCUT2D eigenvalue weighted by Gasteiger charge is -2.07. The average molecular weight is 220 g/mol. The van der Waals surface area contributed by atoms with E-state index in [0.717, 1.165) is 5.82 Å². The Labute approximate surface area is 81.7 Å². The molecule has 7 heteroatoms. The molecule has 2 N–H and O–H groups in total. The zero-order chi connectivity index (χ0) is 10.6. The molecule has 0 aliphatic heterocycles. The molecule has 0 spiro atoms. The van der Waals surface area contributed by atoms with Gasteiger partial charge in [0.05, 0.1) is 6.61 Å². The van der Waals surface area contributed by atoms with Crippen LogP contribution in [0.2, 0.25) is 0 Å². The van der Waals surface area contributed by atoms with Crippen LogP contribution < -0.4 is 0 Å². The summed E-state index contributed by atoms with van der Waals surface area (Å²) in [7, 11) is -4.03. The highest BCUT2D eigenvalue weighted by Gasteiger charge is 2.12. The van der Waals surface area contributed by atoms with Crippen LogP contribution in [0.25, 0.3) is 0 Å². The number of nitrogens with zero attached hydrogens (tertiary/aromatic N) is 2. The van der Waals surface area contributed by atoms with Gasteiger partial charge >= 0.3 is 7.60 Å². The minimum atomic E-state index is -4.03. The molecule has 0 saturated heterocycles. The number of rotatable bonds is 5. The highest BCUT2D eigenvalue weighted by atomic mass is 31.2. The number of aromatic nitrogens is 2. The fourth-order valence-electron chi connectivity index (χ4n) is 0.986. The third-order valence-electron chi connectivity index (χ3n) is 1.66. The van der Waals surface area contributed by atoms with Gasteiger partial charge in [0, 0.05) is 18.9 Å². The third-order valence-corrected chi connectivity index (χ3v) is 2.18. The standard InChI is InChI=1S/C7H13N2O4P/c1-7-8-2-3-9(7)4-5-13-6-14(10,11)12/h2-3H,4-6H2,1H3,(H2,10,11,12). The lowest BCUT2D eigenvalue weighted by atomic mass is 10.6. The second-order valence-electron chi connectivity index (χ2n) is 2.87. The lowest BCUT2D eigenvalue weighted by Crippen LogP contribution is -2.07. The van der Waals surface area contributed by atoms with E-state index in [4.69, 9.17) is 14.5 Å². The molecule has 0 amide bonds. The molecule has 0 aliphatic rings. The number of imidazole rings is 1. The van der Waals surface area contributed by atoms with Crippen LogP contribution in [0.3, 0.4) is 0 Å². The predicted octanol–water partition coefficient (Wildman–Crippen LogP) is 0.343. The molecule has 0 fully saturated rings. The molecule has 1 heterocycles. The van der Waals surface area contributed by atoms with Gasteiger partial charge in [-0.3, -0.25) is 4.57 Å². The smallest absolute Gasteiger partial charge is 0.350 e. The molecule has 0 saturated carbocycles. The molecule has 0 aromatic carbocycles. The summed E-state index contributed by atoms with van der Waals surface area (Å²) in [6.45, 7) is 2.66. The van der Waals surface area contributed by atoms with Crippen LogP contribution in [0.5, 0.6) is 0 Å². The van der Waals surface area contributed by atoms with E-state index in [9.17, 15) is 4.57 Å². The van der Waals surface area contributed by atoms with Crippen LogP contribution in [0.4, 0.5) is 0 Å².